The molecule has 0 aromatic heterocycles. The van der Waals surface area contributed by atoms with Crippen molar-refractivity contribution in [3.05, 3.63) is 33.8 Å². The zero-order valence-electron chi connectivity index (χ0n) is 13.3. The molecule has 0 aromatic rings. The highest BCUT2D eigenvalue weighted by Crippen LogP contribution is 2.37. The molecule has 0 radical (unpaired) electrons. The van der Waals surface area contributed by atoms with E-state index in [2.05, 4.69) is 9.47 Å². The van der Waals surface area contributed by atoms with Crippen LogP contribution in [0.2, 0.25) is 0 Å². The molecule has 0 N–H and O–H groups in total. The van der Waals surface area contributed by atoms with Gasteiger partial charge in [0.05, 0.1) is 20.1 Å². The molecule has 1 aliphatic rings. The van der Waals surface area contributed by atoms with E-state index in [1.807, 2.05) is 0 Å². The minimum atomic E-state index is -1.59. The van der Waals surface area contributed by atoms with Gasteiger partial charge in [-0.25, -0.2) is 4.39 Å². The topological polar surface area (TPSA) is 99.0 Å². The average Bonchev–Trinajstić information content (AvgIpc) is 2.87. The van der Waals surface area contributed by atoms with Crippen LogP contribution >= 0.6 is 0 Å². The summed E-state index contributed by atoms with van der Waals surface area (Å²) in [4.78, 5) is 35.7. The fourth-order valence-corrected chi connectivity index (χ4v) is 2.45. The summed E-state index contributed by atoms with van der Waals surface area (Å²) in [7, 11) is 5.45. The summed E-state index contributed by atoms with van der Waals surface area (Å²) < 4.78 is 23.3. The molecule has 0 aromatic carbocycles. The van der Waals surface area contributed by atoms with Gasteiger partial charge in [-0.1, -0.05) is 6.08 Å². The van der Waals surface area contributed by atoms with E-state index >= 15 is 0 Å². The van der Waals surface area contributed by atoms with Gasteiger partial charge in [-0.15, -0.1) is 0 Å². The van der Waals surface area contributed by atoms with Crippen molar-refractivity contribution >= 4 is 11.9 Å². The van der Waals surface area contributed by atoms with Gasteiger partial charge >= 0.3 is 11.9 Å². The molecule has 1 rings (SSSR count). The van der Waals surface area contributed by atoms with E-state index in [0.717, 1.165) is 14.2 Å². The van der Waals surface area contributed by atoms with E-state index in [1.165, 1.54) is 12.2 Å². The number of ether oxygens (including phenoxy) is 2. The van der Waals surface area contributed by atoms with Crippen molar-refractivity contribution in [2.45, 2.75) is 0 Å². The molecule has 0 saturated heterocycles. The number of carbonyl (C=O) groups excluding carboxylic acids is 2. The lowest BCUT2D eigenvalue weighted by Gasteiger charge is -2.24. The molecule has 0 heterocycles. The van der Waals surface area contributed by atoms with Crippen LogP contribution in [0.1, 0.15) is 0 Å². The fourth-order valence-electron chi connectivity index (χ4n) is 2.45. The molecule has 0 aliphatic heterocycles. The number of allylic oxidation sites excluding steroid dienone is 3. The van der Waals surface area contributed by atoms with Crippen LogP contribution in [-0.2, 0) is 19.1 Å². The second-order valence-corrected chi connectivity index (χ2v) is 5.24. The first-order valence-electron chi connectivity index (χ1n) is 6.76. The first kappa shape index (κ1) is 18.6. The summed E-state index contributed by atoms with van der Waals surface area (Å²) in [6.45, 7) is -0.780. The Labute approximate surface area is 132 Å². The number of likely N-dealkylation sites (N-methyl/N-ethyl adjacent to an activating group) is 1. The molecule has 0 saturated carbocycles. The Morgan fingerprint density at radius 3 is 2.22 bits per heavy atom. The lowest BCUT2D eigenvalue weighted by atomic mass is 9.81. The average molecular weight is 330 g/mol. The van der Waals surface area contributed by atoms with Gasteiger partial charge in [0.2, 0.25) is 6.54 Å². The van der Waals surface area contributed by atoms with Crippen molar-refractivity contribution < 1.29 is 28.4 Å². The van der Waals surface area contributed by atoms with Gasteiger partial charge in [0.15, 0.2) is 5.92 Å². The number of hydrogen-bond donors (Lipinski definition) is 0. The Morgan fingerprint density at radius 2 is 1.87 bits per heavy atom. The molecule has 2 atom stereocenters. The molecule has 23 heavy (non-hydrogen) atoms. The zero-order valence-corrected chi connectivity index (χ0v) is 13.3. The molecular weight excluding hydrogens is 311 g/mol. The minimum absolute atomic E-state index is 0.495. The highest BCUT2D eigenvalue weighted by molar-refractivity contribution is 5.95. The van der Waals surface area contributed by atoms with E-state index in [9.17, 15) is 24.1 Å². The van der Waals surface area contributed by atoms with Crippen molar-refractivity contribution in [1.29, 1.82) is 0 Å². The molecule has 0 bridgehead atoms. The summed E-state index contributed by atoms with van der Waals surface area (Å²) in [6.07, 6.45) is 2.66. The van der Waals surface area contributed by atoms with Gasteiger partial charge < -0.3 is 14.4 Å². The van der Waals surface area contributed by atoms with Crippen molar-refractivity contribution in [3.63, 3.8) is 0 Å². The summed E-state index contributed by atoms with van der Waals surface area (Å²) >= 11 is 0. The van der Waals surface area contributed by atoms with Crippen LogP contribution < -0.4 is 0 Å². The van der Waals surface area contributed by atoms with E-state index in [0.29, 0.717) is 5.70 Å². The van der Waals surface area contributed by atoms with Gasteiger partial charge in [-0.05, 0) is 6.08 Å². The normalized spacial score (nSPS) is 18.1. The third-order valence-electron chi connectivity index (χ3n) is 3.63. The SMILES string of the molecule is COC(=O)C(C(=O)OC)C(C[N+](=O)[O-])C1C=C(N(C)C)C=C1F. The van der Waals surface area contributed by atoms with E-state index in [4.69, 9.17) is 0 Å². The van der Waals surface area contributed by atoms with E-state index in [-0.39, 0.29) is 0 Å². The third-order valence-corrected chi connectivity index (χ3v) is 3.63. The van der Waals surface area contributed by atoms with Crippen LogP contribution in [-0.4, -0.2) is 56.6 Å². The molecule has 8 nitrogen and oxygen atoms in total. The standard InChI is InChI=1S/C14H19FN2O6/c1-16(2)8-5-9(11(15)6-8)10(7-17(20)21)12(13(18)22-3)14(19)23-4/h5-6,9-10,12H,7H2,1-4H3. The number of nitro groups is 1. The van der Waals surface area contributed by atoms with Crippen molar-refractivity contribution in [2.75, 3.05) is 34.9 Å². The van der Waals surface area contributed by atoms with Crippen LogP contribution in [0.15, 0.2) is 23.7 Å². The maximum absolute atomic E-state index is 14.2. The third kappa shape index (κ3) is 4.27. The quantitative estimate of drug-likeness (QED) is 0.294. The van der Waals surface area contributed by atoms with Crippen molar-refractivity contribution in [3.8, 4) is 0 Å². The molecule has 128 valence electrons. The van der Waals surface area contributed by atoms with E-state index < -0.39 is 47.0 Å². The fraction of sp³-hybridized carbons (Fsp3) is 0.571. The predicted molar refractivity (Wildman–Crippen MR) is 77.3 cm³/mol. The number of hydrogen-bond acceptors (Lipinski definition) is 7. The Hall–Kier alpha value is -2.45. The molecule has 2 unspecified atom stereocenters. The summed E-state index contributed by atoms with van der Waals surface area (Å²) in [5, 5.41) is 10.9. The Morgan fingerprint density at radius 1 is 1.35 bits per heavy atom. The lowest BCUT2D eigenvalue weighted by molar-refractivity contribution is -0.490. The first-order chi connectivity index (χ1) is 10.7. The number of esters is 2. The Kier molecular flexibility index (Phi) is 6.23. The predicted octanol–water partition coefficient (Wildman–Crippen LogP) is 0.770. The Balaban J connectivity index is 3.27. The van der Waals surface area contributed by atoms with Crippen LogP contribution in [0.4, 0.5) is 4.39 Å². The molecular formula is C14H19FN2O6. The number of rotatable bonds is 7. The summed E-state index contributed by atoms with van der Waals surface area (Å²) in [5.74, 6) is -6.57. The van der Waals surface area contributed by atoms with Gasteiger partial charge in [-0.2, -0.15) is 0 Å². The van der Waals surface area contributed by atoms with Gasteiger partial charge in [0, 0.05) is 30.6 Å². The van der Waals surface area contributed by atoms with Crippen LogP contribution in [0.3, 0.4) is 0 Å². The second kappa shape index (κ2) is 7.70. The van der Waals surface area contributed by atoms with Gasteiger partial charge in [0.25, 0.3) is 0 Å². The number of carbonyl (C=O) groups is 2. The lowest BCUT2D eigenvalue weighted by Crippen LogP contribution is -2.40. The molecule has 0 fully saturated rings. The maximum atomic E-state index is 14.2. The molecule has 0 spiro atoms. The second-order valence-electron chi connectivity index (χ2n) is 5.24. The maximum Gasteiger partial charge on any atom is 0.320 e. The number of halogens is 1. The molecule has 9 heteroatoms. The largest absolute Gasteiger partial charge is 0.468 e. The highest BCUT2D eigenvalue weighted by atomic mass is 19.1. The van der Waals surface area contributed by atoms with Crippen LogP contribution in [0, 0.1) is 27.9 Å². The van der Waals surface area contributed by atoms with E-state index in [1.54, 1.807) is 19.0 Å². The smallest absolute Gasteiger partial charge is 0.320 e. The van der Waals surface area contributed by atoms with Crippen LogP contribution in [0.25, 0.3) is 0 Å². The van der Waals surface area contributed by atoms with Gasteiger partial charge in [0.1, 0.15) is 5.83 Å². The summed E-state index contributed by atoms with van der Waals surface area (Å²) in [6, 6.07) is 0. The number of methoxy groups -OCH3 is 2. The van der Waals surface area contributed by atoms with Crippen LogP contribution in [0.5, 0.6) is 0 Å². The number of nitrogens with zero attached hydrogens (tertiary/aromatic N) is 2. The Bertz CT molecular complexity index is 541. The summed E-state index contributed by atoms with van der Waals surface area (Å²) in [5.41, 5.74) is 0.495. The van der Waals surface area contributed by atoms with Gasteiger partial charge in [-0.3, -0.25) is 19.7 Å². The highest BCUT2D eigenvalue weighted by Gasteiger charge is 2.46. The first-order valence-corrected chi connectivity index (χ1v) is 6.76. The van der Waals surface area contributed by atoms with Crippen molar-refractivity contribution in [1.82, 2.24) is 4.90 Å². The molecule has 0 amide bonds. The van der Waals surface area contributed by atoms with Crippen molar-refractivity contribution in [2.24, 2.45) is 17.8 Å². The monoisotopic (exact) mass is 330 g/mol. The minimum Gasteiger partial charge on any atom is -0.468 e. The molecule has 1 aliphatic carbocycles. The zero-order chi connectivity index (χ0) is 17.7.